The molecular weight excluding hydrogens is 536 g/mol. The predicted molar refractivity (Wildman–Crippen MR) is 179 cm³/mol. The molecule has 0 spiro atoms. The van der Waals surface area contributed by atoms with Gasteiger partial charge in [0.05, 0.1) is 23.8 Å². The van der Waals surface area contributed by atoms with Crippen LogP contribution in [0, 0.1) is 22.7 Å². The number of nitrogens with zero attached hydrogens (tertiary/aromatic N) is 3. The van der Waals surface area contributed by atoms with Crippen LogP contribution >= 0.6 is 0 Å². The van der Waals surface area contributed by atoms with Gasteiger partial charge in [0.2, 0.25) is 0 Å². The van der Waals surface area contributed by atoms with Crippen LogP contribution < -0.4 is 5.32 Å². The number of dihydropyridines is 1. The van der Waals surface area contributed by atoms with Gasteiger partial charge in [-0.3, -0.25) is 4.98 Å². The summed E-state index contributed by atoms with van der Waals surface area (Å²) in [6.07, 6.45) is 7.23. The highest BCUT2D eigenvalue weighted by molar-refractivity contribution is 6.24. The first-order valence-electron chi connectivity index (χ1n) is 14.5. The Balaban J connectivity index is 1.23. The Morgan fingerprint density at radius 3 is 1.75 bits per heavy atom. The normalized spacial score (nSPS) is 12.9. The lowest BCUT2D eigenvalue weighted by Gasteiger charge is -2.16. The number of rotatable bonds is 4. The minimum atomic E-state index is 0.549. The molecule has 0 atom stereocenters. The van der Waals surface area contributed by atoms with Gasteiger partial charge in [-0.2, -0.15) is 10.5 Å². The van der Waals surface area contributed by atoms with Crippen molar-refractivity contribution in [3.63, 3.8) is 0 Å². The summed E-state index contributed by atoms with van der Waals surface area (Å²) in [5.74, 6) is 0. The quantitative estimate of drug-likeness (QED) is 0.218. The first-order chi connectivity index (χ1) is 21.7. The molecule has 7 aromatic rings. The SMILES string of the molecule is N#CC1=C(c2cccc(-c3cc4ccc5cc(-c6cccc(-c7ccncc7C#N)c6)cc6ccc(c3)c4c56)c2)C=CNC1. The average molecular weight is 561 g/mol. The van der Waals surface area contributed by atoms with Crippen LogP contribution in [0.2, 0.25) is 0 Å². The van der Waals surface area contributed by atoms with Gasteiger partial charge < -0.3 is 5.32 Å². The summed E-state index contributed by atoms with van der Waals surface area (Å²) in [5, 5.41) is 29.7. The zero-order chi connectivity index (χ0) is 29.6. The van der Waals surface area contributed by atoms with Crippen LogP contribution in [0.1, 0.15) is 11.1 Å². The Morgan fingerprint density at radius 2 is 1.16 bits per heavy atom. The number of nitriles is 2. The Labute approximate surface area is 254 Å². The third-order valence-corrected chi connectivity index (χ3v) is 8.60. The van der Waals surface area contributed by atoms with E-state index in [4.69, 9.17) is 0 Å². The summed E-state index contributed by atoms with van der Waals surface area (Å²) >= 11 is 0. The summed E-state index contributed by atoms with van der Waals surface area (Å²) < 4.78 is 0. The van der Waals surface area contributed by atoms with Crippen molar-refractivity contribution in [2.24, 2.45) is 0 Å². The van der Waals surface area contributed by atoms with Crippen molar-refractivity contribution in [3.05, 3.63) is 144 Å². The van der Waals surface area contributed by atoms with Gasteiger partial charge >= 0.3 is 0 Å². The highest BCUT2D eigenvalue weighted by atomic mass is 14.8. The number of hydrogen-bond donors (Lipinski definition) is 1. The molecule has 1 N–H and O–H groups in total. The molecule has 0 aliphatic carbocycles. The lowest BCUT2D eigenvalue weighted by Crippen LogP contribution is -2.14. The van der Waals surface area contributed by atoms with Crippen LogP contribution in [0.15, 0.2) is 133 Å². The maximum atomic E-state index is 9.65. The van der Waals surface area contributed by atoms with Crippen LogP contribution in [0.5, 0.6) is 0 Å². The predicted octanol–water partition coefficient (Wildman–Crippen LogP) is 9.25. The van der Waals surface area contributed by atoms with E-state index in [-0.39, 0.29) is 0 Å². The molecule has 4 heteroatoms. The molecule has 0 fully saturated rings. The van der Waals surface area contributed by atoms with Crippen LogP contribution in [-0.2, 0) is 0 Å². The van der Waals surface area contributed by atoms with Crippen molar-refractivity contribution in [1.29, 1.82) is 10.5 Å². The molecule has 0 saturated carbocycles. The zero-order valence-electron chi connectivity index (χ0n) is 23.7. The summed E-state index contributed by atoms with van der Waals surface area (Å²) in [6.45, 7) is 0.549. The van der Waals surface area contributed by atoms with Gasteiger partial charge in [-0.15, -0.1) is 0 Å². The molecule has 204 valence electrons. The minimum absolute atomic E-state index is 0.549. The first kappa shape index (κ1) is 25.5. The number of benzene rings is 6. The van der Waals surface area contributed by atoms with Crippen LogP contribution in [0.25, 0.3) is 71.3 Å². The van der Waals surface area contributed by atoms with E-state index >= 15 is 0 Å². The first-order valence-corrected chi connectivity index (χ1v) is 14.5. The third kappa shape index (κ3) is 4.18. The molecule has 4 nitrogen and oxygen atoms in total. The standard InChI is InChI=1S/C40H24N4/c41-21-35-23-43-13-11-37(35)27-5-1-3-25(15-27)33-17-29-7-9-31-19-34(20-32-10-8-30(18-33)39(29)40(31)32)26-4-2-6-28(16-26)38-12-14-44-24-36(38)22-42/h1-20,23,44H,24H2. The molecule has 44 heavy (non-hydrogen) atoms. The molecule has 0 amide bonds. The fraction of sp³-hybridized carbons (Fsp3) is 0.0250. The summed E-state index contributed by atoms with van der Waals surface area (Å²) in [5.41, 5.74) is 9.74. The van der Waals surface area contributed by atoms with Crippen molar-refractivity contribution in [1.82, 2.24) is 10.3 Å². The number of nitrogens with one attached hydrogen (secondary N) is 1. The maximum absolute atomic E-state index is 9.65. The highest BCUT2D eigenvalue weighted by Gasteiger charge is 2.15. The van der Waals surface area contributed by atoms with E-state index in [1.807, 2.05) is 30.5 Å². The monoisotopic (exact) mass is 560 g/mol. The van der Waals surface area contributed by atoms with Crippen LogP contribution in [0.4, 0.5) is 0 Å². The minimum Gasteiger partial charge on any atom is -0.386 e. The van der Waals surface area contributed by atoms with Gasteiger partial charge in [0.25, 0.3) is 0 Å². The van der Waals surface area contributed by atoms with Crippen molar-refractivity contribution >= 4 is 37.9 Å². The van der Waals surface area contributed by atoms with Crippen molar-refractivity contribution in [2.75, 3.05) is 6.54 Å². The van der Waals surface area contributed by atoms with E-state index in [0.29, 0.717) is 12.1 Å². The van der Waals surface area contributed by atoms with Crippen molar-refractivity contribution < 1.29 is 0 Å². The molecule has 0 saturated heterocycles. The molecule has 2 heterocycles. The lowest BCUT2D eigenvalue weighted by atomic mass is 9.88. The molecule has 8 rings (SSSR count). The topological polar surface area (TPSA) is 72.5 Å². The van der Waals surface area contributed by atoms with E-state index in [1.54, 1.807) is 12.4 Å². The molecule has 1 aliphatic rings. The summed E-state index contributed by atoms with van der Waals surface area (Å²) in [7, 11) is 0. The lowest BCUT2D eigenvalue weighted by molar-refractivity contribution is 0.948. The largest absolute Gasteiger partial charge is 0.386 e. The number of hydrogen-bond acceptors (Lipinski definition) is 4. The molecule has 0 bridgehead atoms. The second kappa shape index (κ2) is 10.2. The number of allylic oxidation sites excluding steroid dienone is 2. The summed E-state index contributed by atoms with van der Waals surface area (Å²) in [4.78, 5) is 4.11. The number of aromatic nitrogens is 1. The Hall–Kier alpha value is -6.23. The average Bonchev–Trinajstić information content (AvgIpc) is 3.10. The smallest absolute Gasteiger partial charge is 0.101 e. The molecular formula is C40H24N4. The van der Waals surface area contributed by atoms with Crippen LogP contribution in [-0.4, -0.2) is 11.5 Å². The summed E-state index contributed by atoms with van der Waals surface area (Å²) in [6, 6.07) is 41.3. The third-order valence-electron chi connectivity index (χ3n) is 8.60. The Bertz CT molecular complexity index is 2350. The van der Waals surface area contributed by atoms with Gasteiger partial charge in [0.15, 0.2) is 0 Å². The van der Waals surface area contributed by atoms with Gasteiger partial charge in [-0.25, -0.2) is 0 Å². The van der Waals surface area contributed by atoms with E-state index in [1.165, 1.54) is 32.3 Å². The van der Waals surface area contributed by atoms with Crippen molar-refractivity contribution in [3.8, 4) is 45.5 Å². The van der Waals surface area contributed by atoms with Crippen LogP contribution in [0.3, 0.4) is 0 Å². The van der Waals surface area contributed by atoms with Gasteiger partial charge in [0.1, 0.15) is 6.07 Å². The van der Waals surface area contributed by atoms with Gasteiger partial charge in [-0.05, 0) is 126 Å². The second-order valence-electron chi connectivity index (χ2n) is 11.1. The van der Waals surface area contributed by atoms with Gasteiger partial charge in [-0.1, -0.05) is 60.7 Å². The number of pyridine rings is 1. The highest BCUT2D eigenvalue weighted by Crippen LogP contribution is 2.40. The fourth-order valence-corrected chi connectivity index (χ4v) is 6.51. The Morgan fingerprint density at radius 1 is 0.591 bits per heavy atom. The molecule has 0 radical (unpaired) electrons. The maximum Gasteiger partial charge on any atom is 0.101 e. The van der Waals surface area contributed by atoms with Gasteiger partial charge in [0, 0.05) is 18.0 Å². The van der Waals surface area contributed by atoms with E-state index in [9.17, 15) is 10.5 Å². The molecule has 1 aliphatic heterocycles. The molecule has 6 aromatic carbocycles. The Kier molecular flexibility index (Phi) is 5.93. The van der Waals surface area contributed by atoms with E-state index in [0.717, 1.165) is 50.1 Å². The van der Waals surface area contributed by atoms with E-state index < -0.39 is 0 Å². The van der Waals surface area contributed by atoms with E-state index in [2.05, 4.69) is 107 Å². The molecule has 1 aromatic heterocycles. The molecule has 0 unspecified atom stereocenters. The fourth-order valence-electron chi connectivity index (χ4n) is 6.51. The van der Waals surface area contributed by atoms with Crippen molar-refractivity contribution in [2.45, 2.75) is 0 Å². The zero-order valence-corrected chi connectivity index (χ0v) is 23.7. The second-order valence-corrected chi connectivity index (χ2v) is 11.1.